The summed E-state index contributed by atoms with van der Waals surface area (Å²) in [6.07, 6.45) is 4.99. The number of unbranched alkanes of at least 4 members (excludes halogenated alkanes) is 2. The molecule has 0 saturated carbocycles. The van der Waals surface area contributed by atoms with E-state index in [1.54, 1.807) is 0 Å². The topological polar surface area (TPSA) is 12.0 Å². The summed E-state index contributed by atoms with van der Waals surface area (Å²) >= 11 is 3.58. The quantitative estimate of drug-likeness (QED) is 0.565. The van der Waals surface area contributed by atoms with Crippen LogP contribution in [0, 0.1) is 6.92 Å². The number of nitrogens with one attached hydrogen (secondary N) is 1. The fraction of sp³-hybridized carbons (Fsp3) is 0.368. The molecule has 0 radical (unpaired) electrons. The number of benzene rings is 2. The first-order valence-corrected chi connectivity index (χ1v) is 8.57. The van der Waals surface area contributed by atoms with Crippen molar-refractivity contribution in [2.45, 2.75) is 45.6 Å². The highest BCUT2D eigenvalue weighted by atomic mass is 79.9. The molecule has 21 heavy (non-hydrogen) atoms. The largest absolute Gasteiger partial charge is 0.378 e. The van der Waals surface area contributed by atoms with Gasteiger partial charge in [0.25, 0.3) is 0 Å². The van der Waals surface area contributed by atoms with Crippen molar-refractivity contribution in [2.75, 3.05) is 5.32 Å². The lowest BCUT2D eigenvalue weighted by Gasteiger charge is -2.21. The van der Waals surface area contributed by atoms with Crippen molar-refractivity contribution in [3.63, 3.8) is 0 Å². The van der Waals surface area contributed by atoms with E-state index in [0.717, 1.165) is 4.47 Å². The van der Waals surface area contributed by atoms with Gasteiger partial charge < -0.3 is 5.32 Å². The highest BCUT2D eigenvalue weighted by Gasteiger charge is 2.11. The van der Waals surface area contributed by atoms with Gasteiger partial charge in [-0.2, -0.15) is 0 Å². The molecule has 0 saturated heterocycles. The molecular formula is C19H24BrN. The lowest BCUT2D eigenvalue weighted by Crippen LogP contribution is -2.11. The average molecular weight is 346 g/mol. The Labute approximate surface area is 136 Å². The predicted octanol–water partition coefficient (Wildman–Crippen LogP) is 6.49. The van der Waals surface area contributed by atoms with Crippen LogP contribution in [0.1, 0.15) is 49.8 Å². The van der Waals surface area contributed by atoms with E-state index in [9.17, 15) is 0 Å². The van der Waals surface area contributed by atoms with Crippen LogP contribution in [0.15, 0.2) is 53.0 Å². The molecule has 0 fully saturated rings. The smallest absolute Gasteiger partial charge is 0.0513 e. The van der Waals surface area contributed by atoms with Crippen molar-refractivity contribution in [1.29, 1.82) is 0 Å². The van der Waals surface area contributed by atoms with Crippen LogP contribution in [0.3, 0.4) is 0 Å². The summed E-state index contributed by atoms with van der Waals surface area (Å²) in [6, 6.07) is 17.6. The molecule has 0 aliphatic carbocycles. The maximum absolute atomic E-state index is 3.71. The Kier molecular flexibility index (Phi) is 6.31. The Morgan fingerprint density at radius 1 is 1.05 bits per heavy atom. The molecule has 0 aromatic heterocycles. The van der Waals surface area contributed by atoms with Crippen molar-refractivity contribution < 1.29 is 0 Å². The first-order chi connectivity index (χ1) is 10.2. The summed E-state index contributed by atoms with van der Waals surface area (Å²) in [5.41, 5.74) is 3.82. The van der Waals surface area contributed by atoms with E-state index in [1.165, 1.54) is 42.5 Å². The first kappa shape index (κ1) is 16.1. The zero-order valence-electron chi connectivity index (χ0n) is 12.9. The van der Waals surface area contributed by atoms with Gasteiger partial charge >= 0.3 is 0 Å². The molecule has 1 nitrogen and oxygen atoms in total. The fourth-order valence-corrected chi connectivity index (χ4v) is 3.23. The predicted molar refractivity (Wildman–Crippen MR) is 95.8 cm³/mol. The van der Waals surface area contributed by atoms with E-state index in [0.29, 0.717) is 6.04 Å². The second kappa shape index (κ2) is 8.23. The van der Waals surface area contributed by atoms with Crippen LogP contribution in [-0.2, 0) is 0 Å². The summed E-state index contributed by atoms with van der Waals surface area (Å²) < 4.78 is 1.13. The zero-order valence-corrected chi connectivity index (χ0v) is 14.5. The molecule has 0 aliphatic heterocycles. The van der Waals surface area contributed by atoms with Gasteiger partial charge in [-0.05, 0) is 42.7 Å². The third-order valence-electron chi connectivity index (χ3n) is 3.68. The van der Waals surface area contributed by atoms with Gasteiger partial charge in [0.05, 0.1) is 6.04 Å². The Bertz CT molecular complexity index is 530. The first-order valence-electron chi connectivity index (χ1n) is 7.77. The van der Waals surface area contributed by atoms with Crippen molar-refractivity contribution in [3.05, 3.63) is 64.1 Å². The molecule has 2 rings (SSSR count). The molecule has 0 aliphatic rings. The number of rotatable bonds is 7. The maximum Gasteiger partial charge on any atom is 0.0513 e. The molecule has 2 aromatic rings. The van der Waals surface area contributed by atoms with Gasteiger partial charge in [0.15, 0.2) is 0 Å². The zero-order chi connectivity index (χ0) is 15.1. The van der Waals surface area contributed by atoms with Gasteiger partial charge in [-0.25, -0.2) is 0 Å². The number of anilines is 1. The number of aryl methyl sites for hydroxylation is 1. The summed E-state index contributed by atoms with van der Waals surface area (Å²) in [6.45, 7) is 4.38. The number of hydrogen-bond donors (Lipinski definition) is 1. The molecule has 2 aromatic carbocycles. The van der Waals surface area contributed by atoms with Crippen LogP contribution in [0.5, 0.6) is 0 Å². The van der Waals surface area contributed by atoms with Crippen LogP contribution >= 0.6 is 15.9 Å². The standard InChI is InChI=1S/C19H24BrN/c1-3-4-6-11-19(16-9-7-5-8-10-16)21-18-13-15(2)12-17(20)14-18/h5,7-10,12-14,19,21H,3-4,6,11H2,1-2H3. The van der Waals surface area contributed by atoms with Crippen LogP contribution in [-0.4, -0.2) is 0 Å². The number of hydrogen-bond acceptors (Lipinski definition) is 1. The lowest BCUT2D eigenvalue weighted by atomic mass is 10.00. The normalized spacial score (nSPS) is 12.1. The van der Waals surface area contributed by atoms with Gasteiger partial charge in [-0.15, -0.1) is 0 Å². The Morgan fingerprint density at radius 2 is 1.81 bits per heavy atom. The molecule has 112 valence electrons. The van der Waals surface area contributed by atoms with Crippen molar-refractivity contribution in [2.24, 2.45) is 0 Å². The van der Waals surface area contributed by atoms with E-state index in [2.05, 4.69) is 83.6 Å². The highest BCUT2D eigenvalue weighted by Crippen LogP contribution is 2.27. The summed E-state index contributed by atoms with van der Waals surface area (Å²) in [7, 11) is 0. The average Bonchev–Trinajstić information content (AvgIpc) is 2.46. The van der Waals surface area contributed by atoms with E-state index >= 15 is 0 Å². The second-order valence-electron chi connectivity index (χ2n) is 5.62. The molecule has 0 amide bonds. The molecule has 1 unspecified atom stereocenters. The summed E-state index contributed by atoms with van der Waals surface area (Å²) in [5, 5.41) is 3.71. The molecular weight excluding hydrogens is 322 g/mol. The highest BCUT2D eigenvalue weighted by molar-refractivity contribution is 9.10. The van der Waals surface area contributed by atoms with E-state index in [4.69, 9.17) is 0 Å². The minimum absolute atomic E-state index is 0.381. The van der Waals surface area contributed by atoms with Crippen molar-refractivity contribution in [1.82, 2.24) is 0 Å². The summed E-state index contributed by atoms with van der Waals surface area (Å²) in [4.78, 5) is 0. The van der Waals surface area contributed by atoms with Crippen LogP contribution in [0.25, 0.3) is 0 Å². The van der Waals surface area contributed by atoms with E-state index < -0.39 is 0 Å². The van der Waals surface area contributed by atoms with Crippen molar-refractivity contribution in [3.8, 4) is 0 Å². The molecule has 0 heterocycles. The van der Waals surface area contributed by atoms with Crippen LogP contribution < -0.4 is 5.32 Å². The monoisotopic (exact) mass is 345 g/mol. The molecule has 2 heteroatoms. The lowest BCUT2D eigenvalue weighted by molar-refractivity contribution is 0.606. The summed E-state index contributed by atoms with van der Waals surface area (Å²) in [5.74, 6) is 0. The van der Waals surface area contributed by atoms with Crippen LogP contribution in [0.4, 0.5) is 5.69 Å². The molecule has 1 atom stereocenters. The third-order valence-corrected chi connectivity index (χ3v) is 4.14. The maximum atomic E-state index is 3.71. The minimum atomic E-state index is 0.381. The van der Waals surface area contributed by atoms with Gasteiger partial charge in [0, 0.05) is 10.2 Å². The Balaban J connectivity index is 2.15. The Hall–Kier alpha value is -1.28. The van der Waals surface area contributed by atoms with Gasteiger partial charge in [0.1, 0.15) is 0 Å². The fourth-order valence-electron chi connectivity index (χ4n) is 2.63. The second-order valence-corrected chi connectivity index (χ2v) is 6.54. The van der Waals surface area contributed by atoms with Crippen molar-refractivity contribution >= 4 is 21.6 Å². The van der Waals surface area contributed by atoms with Gasteiger partial charge in [0.2, 0.25) is 0 Å². The SMILES string of the molecule is CCCCCC(Nc1cc(C)cc(Br)c1)c1ccccc1. The Morgan fingerprint density at radius 3 is 2.48 bits per heavy atom. The molecule has 0 bridgehead atoms. The van der Waals surface area contributed by atoms with Gasteiger partial charge in [-0.1, -0.05) is 72.4 Å². The molecule has 1 N–H and O–H groups in total. The van der Waals surface area contributed by atoms with E-state index in [1.807, 2.05) is 0 Å². The number of halogens is 1. The third kappa shape index (κ3) is 5.20. The van der Waals surface area contributed by atoms with Crippen LogP contribution in [0.2, 0.25) is 0 Å². The van der Waals surface area contributed by atoms with Gasteiger partial charge in [-0.3, -0.25) is 0 Å². The molecule has 0 spiro atoms. The minimum Gasteiger partial charge on any atom is -0.378 e. The van der Waals surface area contributed by atoms with E-state index in [-0.39, 0.29) is 0 Å².